The molecule has 27 heavy (non-hydrogen) atoms. The molecule has 0 bridgehead atoms. The quantitative estimate of drug-likeness (QED) is 0.627. The highest BCUT2D eigenvalue weighted by atomic mass is 16.7. The first-order valence-electron chi connectivity index (χ1n) is 8.61. The molecule has 1 aliphatic heterocycles. The van der Waals surface area contributed by atoms with Crippen molar-refractivity contribution < 1.29 is 23.8 Å². The van der Waals surface area contributed by atoms with Crippen molar-refractivity contribution >= 4 is 18.0 Å². The van der Waals surface area contributed by atoms with E-state index in [1.54, 1.807) is 12.1 Å². The SMILES string of the molecule is Cc1ccc(/C=C/C(=O)OCC(=O)NC(C)c2ccc3c(c2)OCO3)cc1. The fourth-order valence-electron chi connectivity index (χ4n) is 2.58. The molecule has 1 heterocycles. The van der Waals surface area contributed by atoms with E-state index < -0.39 is 5.97 Å². The fraction of sp³-hybridized carbons (Fsp3) is 0.238. The van der Waals surface area contributed by atoms with E-state index in [9.17, 15) is 9.59 Å². The Bertz CT molecular complexity index is 857. The third-order valence-corrected chi connectivity index (χ3v) is 4.11. The summed E-state index contributed by atoms with van der Waals surface area (Å²) in [5.41, 5.74) is 2.90. The zero-order valence-electron chi connectivity index (χ0n) is 15.2. The van der Waals surface area contributed by atoms with Gasteiger partial charge in [0.2, 0.25) is 6.79 Å². The number of nitrogens with one attached hydrogen (secondary N) is 1. The Hall–Kier alpha value is -3.28. The minimum atomic E-state index is -0.568. The number of rotatable bonds is 6. The second-order valence-electron chi connectivity index (χ2n) is 6.25. The van der Waals surface area contributed by atoms with E-state index in [1.165, 1.54) is 6.08 Å². The number of esters is 1. The molecular formula is C21H21NO5. The van der Waals surface area contributed by atoms with E-state index >= 15 is 0 Å². The van der Waals surface area contributed by atoms with Crippen LogP contribution in [-0.4, -0.2) is 25.3 Å². The van der Waals surface area contributed by atoms with E-state index in [2.05, 4.69) is 5.32 Å². The van der Waals surface area contributed by atoms with Crippen LogP contribution < -0.4 is 14.8 Å². The monoisotopic (exact) mass is 367 g/mol. The summed E-state index contributed by atoms with van der Waals surface area (Å²) >= 11 is 0. The first-order chi connectivity index (χ1) is 13.0. The van der Waals surface area contributed by atoms with E-state index in [0.717, 1.165) is 16.7 Å². The fourth-order valence-corrected chi connectivity index (χ4v) is 2.58. The van der Waals surface area contributed by atoms with Gasteiger partial charge in [0, 0.05) is 6.08 Å². The average Bonchev–Trinajstić information content (AvgIpc) is 3.13. The first-order valence-corrected chi connectivity index (χ1v) is 8.61. The van der Waals surface area contributed by atoms with Crippen molar-refractivity contribution in [3.8, 4) is 11.5 Å². The van der Waals surface area contributed by atoms with Gasteiger partial charge in [-0.2, -0.15) is 0 Å². The summed E-state index contributed by atoms with van der Waals surface area (Å²) in [7, 11) is 0. The zero-order valence-corrected chi connectivity index (χ0v) is 15.2. The van der Waals surface area contributed by atoms with Gasteiger partial charge < -0.3 is 19.5 Å². The van der Waals surface area contributed by atoms with Crippen LogP contribution in [0.25, 0.3) is 6.08 Å². The zero-order chi connectivity index (χ0) is 19.2. The topological polar surface area (TPSA) is 73.9 Å². The second kappa shape index (κ2) is 8.40. The van der Waals surface area contributed by atoms with Crippen LogP contribution in [0.2, 0.25) is 0 Å². The highest BCUT2D eigenvalue weighted by Crippen LogP contribution is 2.34. The van der Waals surface area contributed by atoms with Crippen molar-refractivity contribution in [2.24, 2.45) is 0 Å². The predicted molar refractivity (Wildman–Crippen MR) is 100 cm³/mol. The Balaban J connectivity index is 1.46. The lowest BCUT2D eigenvalue weighted by molar-refractivity contribution is -0.144. The molecule has 0 aliphatic carbocycles. The Morgan fingerprint density at radius 2 is 1.89 bits per heavy atom. The number of hydrogen-bond acceptors (Lipinski definition) is 5. The molecule has 2 aromatic carbocycles. The predicted octanol–water partition coefficient (Wildman–Crippen LogP) is 3.16. The molecule has 1 N–H and O–H groups in total. The number of ether oxygens (including phenoxy) is 3. The third-order valence-electron chi connectivity index (χ3n) is 4.11. The van der Waals surface area contributed by atoms with Crippen LogP contribution in [0.4, 0.5) is 0 Å². The lowest BCUT2D eigenvalue weighted by Gasteiger charge is -2.14. The number of amides is 1. The van der Waals surface area contributed by atoms with Crippen LogP contribution in [0, 0.1) is 6.92 Å². The maximum atomic E-state index is 12.0. The molecular weight excluding hydrogens is 346 g/mol. The molecule has 0 spiro atoms. The summed E-state index contributed by atoms with van der Waals surface area (Å²) in [6.45, 7) is 3.69. The molecule has 140 valence electrons. The van der Waals surface area contributed by atoms with Crippen molar-refractivity contribution in [2.45, 2.75) is 19.9 Å². The van der Waals surface area contributed by atoms with Gasteiger partial charge in [0.1, 0.15) is 0 Å². The smallest absolute Gasteiger partial charge is 0.331 e. The van der Waals surface area contributed by atoms with Gasteiger partial charge in [-0.25, -0.2) is 4.79 Å². The standard InChI is InChI=1S/C21H21NO5/c1-14-3-5-16(6-4-14)7-10-21(24)25-12-20(23)22-15(2)17-8-9-18-19(11-17)27-13-26-18/h3-11,15H,12-13H2,1-2H3,(H,22,23)/b10-7+. The van der Waals surface area contributed by atoms with E-state index in [1.807, 2.05) is 50.2 Å². The van der Waals surface area contributed by atoms with Crippen LogP contribution in [0.3, 0.4) is 0 Å². The van der Waals surface area contributed by atoms with Gasteiger partial charge in [-0.3, -0.25) is 4.79 Å². The van der Waals surface area contributed by atoms with Crippen LogP contribution in [0.15, 0.2) is 48.5 Å². The van der Waals surface area contributed by atoms with Crippen molar-refractivity contribution in [3.05, 3.63) is 65.2 Å². The summed E-state index contributed by atoms with van der Waals surface area (Å²) in [6, 6.07) is 12.9. The lowest BCUT2D eigenvalue weighted by Crippen LogP contribution is -2.30. The van der Waals surface area contributed by atoms with Crippen molar-refractivity contribution in [1.29, 1.82) is 0 Å². The van der Waals surface area contributed by atoms with Crippen LogP contribution in [0.5, 0.6) is 11.5 Å². The largest absolute Gasteiger partial charge is 0.454 e. The molecule has 0 aromatic heterocycles. The maximum Gasteiger partial charge on any atom is 0.331 e. The number of aryl methyl sites for hydroxylation is 1. The van der Waals surface area contributed by atoms with E-state index in [4.69, 9.17) is 14.2 Å². The van der Waals surface area contributed by atoms with E-state index in [0.29, 0.717) is 11.5 Å². The molecule has 1 amide bonds. The van der Waals surface area contributed by atoms with Gasteiger partial charge in [-0.15, -0.1) is 0 Å². The Labute approximate surface area is 157 Å². The highest BCUT2D eigenvalue weighted by Gasteiger charge is 2.17. The van der Waals surface area contributed by atoms with Crippen molar-refractivity contribution in [2.75, 3.05) is 13.4 Å². The number of fused-ring (bicyclic) bond motifs is 1. The molecule has 2 aromatic rings. The number of carbonyl (C=O) groups is 2. The minimum absolute atomic E-state index is 0.200. The maximum absolute atomic E-state index is 12.0. The average molecular weight is 367 g/mol. The number of hydrogen-bond donors (Lipinski definition) is 1. The van der Waals surface area contributed by atoms with Gasteiger partial charge >= 0.3 is 5.97 Å². The highest BCUT2D eigenvalue weighted by molar-refractivity contribution is 5.89. The Morgan fingerprint density at radius 1 is 1.15 bits per heavy atom. The van der Waals surface area contributed by atoms with Gasteiger partial charge in [-0.1, -0.05) is 35.9 Å². The summed E-state index contributed by atoms with van der Waals surface area (Å²) in [5, 5.41) is 2.79. The van der Waals surface area contributed by atoms with E-state index in [-0.39, 0.29) is 25.3 Å². The van der Waals surface area contributed by atoms with Gasteiger partial charge in [0.05, 0.1) is 6.04 Å². The Morgan fingerprint density at radius 3 is 2.67 bits per heavy atom. The summed E-state index contributed by atoms with van der Waals surface area (Å²) in [4.78, 5) is 23.8. The molecule has 1 aliphatic rings. The van der Waals surface area contributed by atoms with Crippen molar-refractivity contribution in [3.63, 3.8) is 0 Å². The summed E-state index contributed by atoms with van der Waals surface area (Å²) < 4.78 is 15.6. The molecule has 0 fully saturated rings. The third kappa shape index (κ3) is 5.10. The molecule has 0 radical (unpaired) electrons. The second-order valence-corrected chi connectivity index (χ2v) is 6.25. The van der Waals surface area contributed by atoms with Crippen LogP contribution >= 0.6 is 0 Å². The van der Waals surface area contributed by atoms with Gasteiger partial charge in [0.15, 0.2) is 18.1 Å². The first kappa shape index (κ1) is 18.5. The molecule has 1 unspecified atom stereocenters. The Kier molecular flexibility index (Phi) is 5.76. The molecule has 6 nitrogen and oxygen atoms in total. The lowest BCUT2D eigenvalue weighted by atomic mass is 10.1. The summed E-state index contributed by atoms with van der Waals surface area (Å²) in [6.07, 6.45) is 2.95. The van der Waals surface area contributed by atoms with Gasteiger partial charge in [-0.05, 0) is 43.2 Å². The number of carbonyl (C=O) groups excluding carboxylic acids is 2. The summed E-state index contributed by atoms with van der Waals surface area (Å²) in [5.74, 6) is 0.395. The molecule has 6 heteroatoms. The van der Waals surface area contributed by atoms with Crippen molar-refractivity contribution in [1.82, 2.24) is 5.32 Å². The van der Waals surface area contributed by atoms with Gasteiger partial charge in [0.25, 0.3) is 5.91 Å². The normalized spacial score (nSPS) is 13.4. The molecule has 1 atom stereocenters. The molecule has 3 rings (SSSR count). The number of benzene rings is 2. The van der Waals surface area contributed by atoms with Crippen LogP contribution in [-0.2, 0) is 14.3 Å². The van der Waals surface area contributed by atoms with Crippen LogP contribution in [0.1, 0.15) is 29.7 Å². The minimum Gasteiger partial charge on any atom is -0.454 e. The molecule has 0 saturated heterocycles. The molecule has 0 saturated carbocycles.